The molecule has 0 spiro atoms. The molecule has 2 aromatic rings. The number of hydrogen-bond donors (Lipinski definition) is 3. The standard InChI is InChI=1S/C18H16F3N3O2/c1-2-11-22-17(26)24-15-9-7-14(8-10-15)23-16(25)12-3-5-13(6-4-12)18(19,20)21/h2-10H,1,11H2,(H,23,25)(H2,22,24,26). The van der Waals surface area contributed by atoms with Crippen molar-refractivity contribution < 1.29 is 22.8 Å². The zero-order valence-corrected chi connectivity index (χ0v) is 13.6. The van der Waals surface area contributed by atoms with Crippen molar-refractivity contribution in [2.24, 2.45) is 0 Å². The highest BCUT2D eigenvalue weighted by molar-refractivity contribution is 6.04. The summed E-state index contributed by atoms with van der Waals surface area (Å²) in [5.41, 5.74) is 0.231. The minimum Gasteiger partial charge on any atom is -0.334 e. The van der Waals surface area contributed by atoms with Crippen LogP contribution in [0.2, 0.25) is 0 Å². The molecule has 0 aliphatic rings. The van der Waals surface area contributed by atoms with E-state index in [2.05, 4.69) is 22.5 Å². The van der Waals surface area contributed by atoms with E-state index in [1.165, 1.54) is 0 Å². The number of benzene rings is 2. The van der Waals surface area contributed by atoms with Gasteiger partial charge in [0.15, 0.2) is 0 Å². The molecule has 0 bridgehead atoms. The smallest absolute Gasteiger partial charge is 0.334 e. The minimum atomic E-state index is -4.45. The second kappa shape index (κ2) is 8.19. The fraction of sp³-hybridized carbons (Fsp3) is 0.111. The van der Waals surface area contributed by atoms with Gasteiger partial charge in [0, 0.05) is 23.5 Å². The van der Waals surface area contributed by atoms with Crippen LogP contribution >= 0.6 is 0 Å². The first-order chi connectivity index (χ1) is 12.3. The number of alkyl halides is 3. The number of nitrogens with one attached hydrogen (secondary N) is 3. The van der Waals surface area contributed by atoms with Crippen LogP contribution in [-0.2, 0) is 6.18 Å². The van der Waals surface area contributed by atoms with Gasteiger partial charge in [-0.3, -0.25) is 4.79 Å². The molecule has 8 heteroatoms. The first-order valence-electron chi connectivity index (χ1n) is 7.54. The molecule has 0 aromatic heterocycles. The van der Waals surface area contributed by atoms with Crippen LogP contribution in [0.25, 0.3) is 0 Å². The van der Waals surface area contributed by atoms with E-state index >= 15 is 0 Å². The van der Waals surface area contributed by atoms with E-state index in [0.717, 1.165) is 24.3 Å². The van der Waals surface area contributed by atoms with Crippen LogP contribution in [0.4, 0.5) is 29.3 Å². The van der Waals surface area contributed by atoms with Crippen molar-refractivity contribution in [1.29, 1.82) is 0 Å². The summed E-state index contributed by atoms with van der Waals surface area (Å²) in [5.74, 6) is -0.539. The number of anilines is 2. The topological polar surface area (TPSA) is 70.2 Å². The summed E-state index contributed by atoms with van der Waals surface area (Å²) < 4.78 is 37.6. The number of hydrogen-bond acceptors (Lipinski definition) is 2. The summed E-state index contributed by atoms with van der Waals surface area (Å²) in [6, 6.07) is 9.80. The van der Waals surface area contributed by atoms with E-state index in [4.69, 9.17) is 0 Å². The molecule has 0 saturated heterocycles. The van der Waals surface area contributed by atoms with Gasteiger partial charge in [-0.2, -0.15) is 13.2 Å². The molecular weight excluding hydrogens is 347 g/mol. The van der Waals surface area contributed by atoms with Crippen LogP contribution in [0.3, 0.4) is 0 Å². The number of urea groups is 1. The fourth-order valence-electron chi connectivity index (χ4n) is 1.99. The highest BCUT2D eigenvalue weighted by Crippen LogP contribution is 2.29. The Morgan fingerprint density at radius 1 is 0.923 bits per heavy atom. The van der Waals surface area contributed by atoms with Gasteiger partial charge in [-0.15, -0.1) is 6.58 Å². The van der Waals surface area contributed by atoms with Gasteiger partial charge in [0.2, 0.25) is 0 Å². The van der Waals surface area contributed by atoms with Crippen LogP contribution in [0.5, 0.6) is 0 Å². The second-order valence-corrected chi connectivity index (χ2v) is 5.23. The summed E-state index contributed by atoms with van der Waals surface area (Å²) in [6.45, 7) is 3.81. The van der Waals surface area contributed by atoms with Crippen molar-refractivity contribution in [2.45, 2.75) is 6.18 Å². The van der Waals surface area contributed by atoms with Crippen molar-refractivity contribution in [1.82, 2.24) is 5.32 Å². The normalized spacial score (nSPS) is 10.7. The SMILES string of the molecule is C=CCNC(=O)Nc1ccc(NC(=O)c2ccc(C(F)(F)F)cc2)cc1. The molecule has 0 unspecified atom stereocenters. The van der Waals surface area contributed by atoms with Gasteiger partial charge < -0.3 is 16.0 Å². The molecule has 3 amide bonds. The van der Waals surface area contributed by atoms with Gasteiger partial charge >= 0.3 is 12.2 Å². The number of amides is 3. The van der Waals surface area contributed by atoms with Gasteiger partial charge in [0.05, 0.1) is 5.56 Å². The zero-order valence-electron chi connectivity index (χ0n) is 13.6. The maximum atomic E-state index is 12.5. The molecular formula is C18H16F3N3O2. The van der Waals surface area contributed by atoms with E-state index in [0.29, 0.717) is 17.9 Å². The quantitative estimate of drug-likeness (QED) is 0.695. The molecule has 0 aliphatic carbocycles. The molecule has 0 atom stereocenters. The Balaban J connectivity index is 1.96. The predicted octanol–water partition coefficient (Wildman–Crippen LogP) is 4.27. The van der Waals surface area contributed by atoms with Crippen molar-refractivity contribution in [3.05, 3.63) is 72.3 Å². The van der Waals surface area contributed by atoms with E-state index < -0.39 is 23.7 Å². The maximum absolute atomic E-state index is 12.5. The summed E-state index contributed by atoms with van der Waals surface area (Å²) in [4.78, 5) is 23.6. The zero-order chi connectivity index (χ0) is 19.2. The van der Waals surface area contributed by atoms with E-state index in [1.807, 2.05) is 0 Å². The Hall–Kier alpha value is -3.29. The van der Waals surface area contributed by atoms with E-state index in [-0.39, 0.29) is 5.56 Å². The lowest BCUT2D eigenvalue weighted by Gasteiger charge is -2.09. The number of rotatable bonds is 5. The van der Waals surface area contributed by atoms with Crippen LogP contribution < -0.4 is 16.0 Å². The Kier molecular flexibility index (Phi) is 6.00. The molecule has 0 radical (unpaired) electrons. The highest BCUT2D eigenvalue weighted by Gasteiger charge is 2.30. The summed E-state index contributed by atoms with van der Waals surface area (Å²) in [5, 5.41) is 7.71. The van der Waals surface area contributed by atoms with E-state index in [9.17, 15) is 22.8 Å². The molecule has 26 heavy (non-hydrogen) atoms. The van der Waals surface area contributed by atoms with Gasteiger partial charge in [0.1, 0.15) is 0 Å². The molecule has 3 N–H and O–H groups in total. The lowest BCUT2D eigenvalue weighted by molar-refractivity contribution is -0.137. The fourth-order valence-corrected chi connectivity index (χ4v) is 1.99. The predicted molar refractivity (Wildman–Crippen MR) is 93.1 cm³/mol. The molecule has 2 rings (SSSR count). The van der Waals surface area contributed by atoms with Crippen LogP contribution in [0.1, 0.15) is 15.9 Å². The number of halogens is 3. The van der Waals surface area contributed by atoms with Gasteiger partial charge in [0.25, 0.3) is 5.91 Å². The molecule has 0 fully saturated rings. The number of carbonyl (C=O) groups is 2. The summed E-state index contributed by atoms with van der Waals surface area (Å²) in [7, 11) is 0. The molecule has 0 heterocycles. The van der Waals surface area contributed by atoms with Crippen LogP contribution in [0.15, 0.2) is 61.2 Å². The van der Waals surface area contributed by atoms with E-state index in [1.54, 1.807) is 30.3 Å². The third-order valence-corrected chi connectivity index (χ3v) is 3.28. The van der Waals surface area contributed by atoms with Crippen molar-refractivity contribution in [3.63, 3.8) is 0 Å². The van der Waals surface area contributed by atoms with Gasteiger partial charge in [-0.25, -0.2) is 4.79 Å². The van der Waals surface area contributed by atoms with Crippen LogP contribution in [-0.4, -0.2) is 18.5 Å². The third-order valence-electron chi connectivity index (χ3n) is 3.28. The molecule has 2 aromatic carbocycles. The lowest BCUT2D eigenvalue weighted by Crippen LogP contribution is -2.28. The Morgan fingerprint density at radius 3 is 1.96 bits per heavy atom. The Morgan fingerprint density at radius 2 is 1.46 bits per heavy atom. The lowest BCUT2D eigenvalue weighted by atomic mass is 10.1. The van der Waals surface area contributed by atoms with Crippen LogP contribution in [0, 0.1) is 0 Å². The Bertz CT molecular complexity index is 785. The second-order valence-electron chi connectivity index (χ2n) is 5.23. The van der Waals surface area contributed by atoms with Gasteiger partial charge in [-0.05, 0) is 48.5 Å². The largest absolute Gasteiger partial charge is 0.416 e. The van der Waals surface area contributed by atoms with Crippen molar-refractivity contribution >= 4 is 23.3 Å². The van der Waals surface area contributed by atoms with Crippen molar-refractivity contribution in [2.75, 3.05) is 17.2 Å². The summed E-state index contributed by atoms with van der Waals surface area (Å²) >= 11 is 0. The third kappa shape index (κ3) is 5.37. The number of carbonyl (C=O) groups excluding carboxylic acids is 2. The average molecular weight is 363 g/mol. The monoisotopic (exact) mass is 363 g/mol. The molecule has 0 aliphatic heterocycles. The summed E-state index contributed by atoms with van der Waals surface area (Å²) in [6.07, 6.45) is -2.91. The minimum absolute atomic E-state index is 0.101. The molecule has 136 valence electrons. The molecule has 5 nitrogen and oxygen atoms in total. The first-order valence-corrected chi connectivity index (χ1v) is 7.54. The molecule has 0 saturated carbocycles. The first kappa shape index (κ1) is 19.0. The van der Waals surface area contributed by atoms with Gasteiger partial charge in [-0.1, -0.05) is 6.08 Å². The highest BCUT2D eigenvalue weighted by atomic mass is 19.4. The van der Waals surface area contributed by atoms with Crippen molar-refractivity contribution in [3.8, 4) is 0 Å². The maximum Gasteiger partial charge on any atom is 0.416 e. The average Bonchev–Trinajstić information content (AvgIpc) is 2.61. The Labute approximate surface area is 147 Å².